The molecule has 2 heterocycles. The number of aryl methyl sites for hydroxylation is 1. The lowest BCUT2D eigenvalue weighted by Gasteiger charge is -2.05. The van der Waals surface area contributed by atoms with Crippen LogP contribution < -0.4 is 14.8 Å². The first-order valence-corrected chi connectivity index (χ1v) is 8.48. The van der Waals surface area contributed by atoms with E-state index in [0.717, 1.165) is 11.3 Å². The summed E-state index contributed by atoms with van der Waals surface area (Å²) in [7, 11) is 0. The van der Waals surface area contributed by atoms with Crippen molar-refractivity contribution in [1.82, 2.24) is 4.98 Å². The standard InChI is InChI=1S/C18H12F4N2O3S/c1-4-11(20)15(9(3)19)16(25)24-17-23-7-14(28-17)10-6-13-12(5-8(10)2)26-18(21,22)27-13/h4-7H,1,3H2,2H3,(H,23,24,25)/b15-11-. The number of rotatable bonds is 5. The molecular weight excluding hydrogens is 400 g/mol. The number of nitrogens with zero attached hydrogens (tertiary/aromatic N) is 1. The number of halogens is 4. The van der Waals surface area contributed by atoms with Crippen molar-refractivity contribution in [2.24, 2.45) is 0 Å². The summed E-state index contributed by atoms with van der Waals surface area (Å²) in [5.41, 5.74) is 0.214. The van der Waals surface area contributed by atoms with Crippen LogP contribution in [0.3, 0.4) is 0 Å². The molecule has 10 heteroatoms. The molecule has 0 fully saturated rings. The first-order valence-electron chi connectivity index (χ1n) is 7.66. The van der Waals surface area contributed by atoms with Crippen LogP contribution in [-0.4, -0.2) is 17.2 Å². The lowest BCUT2D eigenvalue weighted by atomic mass is 10.1. The monoisotopic (exact) mass is 412 g/mol. The van der Waals surface area contributed by atoms with Gasteiger partial charge in [0.15, 0.2) is 16.6 Å². The molecule has 0 radical (unpaired) electrons. The number of benzene rings is 1. The molecule has 0 unspecified atom stereocenters. The van der Waals surface area contributed by atoms with Gasteiger partial charge in [-0.25, -0.2) is 13.8 Å². The van der Waals surface area contributed by atoms with E-state index in [2.05, 4.69) is 32.9 Å². The summed E-state index contributed by atoms with van der Waals surface area (Å²) >= 11 is 0.972. The molecule has 2 aromatic rings. The fourth-order valence-corrected chi connectivity index (χ4v) is 3.34. The van der Waals surface area contributed by atoms with Gasteiger partial charge in [-0.05, 0) is 30.7 Å². The summed E-state index contributed by atoms with van der Waals surface area (Å²) in [5, 5.41) is 2.30. The largest absolute Gasteiger partial charge is 0.586 e. The van der Waals surface area contributed by atoms with E-state index in [0.29, 0.717) is 22.1 Å². The third kappa shape index (κ3) is 3.77. The van der Waals surface area contributed by atoms with Gasteiger partial charge in [0, 0.05) is 11.8 Å². The van der Waals surface area contributed by atoms with Crippen molar-refractivity contribution < 1.29 is 31.8 Å². The van der Waals surface area contributed by atoms with E-state index in [9.17, 15) is 22.4 Å². The number of thiazole rings is 1. The van der Waals surface area contributed by atoms with Crippen molar-refractivity contribution in [1.29, 1.82) is 0 Å². The molecule has 1 amide bonds. The highest BCUT2D eigenvalue weighted by atomic mass is 32.1. The molecule has 1 aliphatic rings. The fourth-order valence-electron chi connectivity index (χ4n) is 2.44. The third-order valence-corrected chi connectivity index (χ3v) is 4.60. The van der Waals surface area contributed by atoms with E-state index in [1.54, 1.807) is 6.92 Å². The van der Waals surface area contributed by atoms with Gasteiger partial charge in [-0.2, -0.15) is 0 Å². The van der Waals surface area contributed by atoms with E-state index in [-0.39, 0.29) is 16.6 Å². The van der Waals surface area contributed by atoms with Crippen LogP contribution in [-0.2, 0) is 4.79 Å². The quantitative estimate of drug-likeness (QED) is 0.413. The molecule has 1 N–H and O–H groups in total. The number of carbonyl (C=O) groups excluding carboxylic acids is 1. The van der Waals surface area contributed by atoms with Gasteiger partial charge in [0.1, 0.15) is 17.2 Å². The number of aromatic nitrogens is 1. The SMILES string of the molecule is C=C/C(F)=C(\C(=C)F)C(=O)Nc1ncc(-c2cc3c(cc2C)OC(F)(F)O3)s1. The highest BCUT2D eigenvalue weighted by Gasteiger charge is 2.43. The maximum atomic E-state index is 13.6. The summed E-state index contributed by atoms with van der Waals surface area (Å²) in [6.07, 6.45) is -1.69. The smallest absolute Gasteiger partial charge is 0.395 e. The van der Waals surface area contributed by atoms with Crippen LogP contribution in [0, 0.1) is 6.92 Å². The van der Waals surface area contributed by atoms with Gasteiger partial charge >= 0.3 is 6.29 Å². The molecule has 1 aromatic heterocycles. The lowest BCUT2D eigenvalue weighted by Crippen LogP contribution is -2.25. The minimum Gasteiger partial charge on any atom is -0.395 e. The van der Waals surface area contributed by atoms with Gasteiger partial charge in [0.2, 0.25) is 0 Å². The Morgan fingerprint density at radius 3 is 2.54 bits per heavy atom. The number of anilines is 1. The number of alkyl halides is 2. The molecule has 0 saturated heterocycles. The Hall–Kier alpha value is -3.14. The third-order valence-electron chi connectivity index (χ3n) is 3.66. The van der Waals surface area contributed by atoms with Crippen LogP contribution in [0.1, 0.15) is 5.56 Å². The van der Waals surface area contributed by atoms with Gasteiger partial charge in [-0.3, -0.25) is 10.1 Å². The number of amides is 1. The van der Waals surface area contributed by atoms with Crippen LogP contribution in [0.15, 0.2) is 54.8 Å². The van der Waals surface area contributed by atoms with Gasteiger partial charge in [0.25, 0.3) is 5.91 Å². The Morgan fingerprint density at radius 1 is 1.29 bits per heavy atom. The highest BCUT2D eigenvalue weighted by molar-refractivity contribution is 7.19. The summed E-state index contributed by atoms with van der Waals surface area (Å²) in [5.74, 6) is -3.77. The van der Waals surface area contributed by atoms with Crippen LogP contribution in [0.4, 0.5) is 22.7 Å². The zero-order valence-electron chi connectivity index (χ0n) is 14.3. The van der Waals surface area contributed by atoms with E-state index < -0.39 is 29.4 Å². The second kappa shape index (κ2) is 7.12. The summed E-state index contributed by atoms with van der Waals surface area (Å²) < 4.78 is 62.2. The number of fused-ring (bicyclic) bond motifs is 1. The number of allylic oxidation sites excluding steroid dienone is 2. The molecule has 28 heavy (non-hydrogen) atoms. The van der Waals surface area contributed by atoms with Crippen molar-refractivity contribution in [2.75, 3.05) is 5.32 Å². The predicted octanol–water partition coefficient (Wildman–Crippen LogP) is 5.27. The molecule has 146 valence electrons. The van der Waals surface area contributed by atoms with Crippen molar-refractivity contribution in [3.8, 4) is 21.9 Å². The molecule has 1 aromatic carbocycles. The van der Waals surface area contributed by atoms with Crippen LogP contribution in [0.5, 0.6) is 11.5 Å². The van der Waals surface area contributed by atoms with Crippen molar-refractivity contribution in [3.63, 3.8) is 0 Å². The molecular formula is C18H12F4N2O3S. The summed E-state index contributed by atoms with van der Waals surface area (Å²) in [4.78, 5) is 16.6. The zero-order chi connectivity index (χ0) is 20.6. The predicted molar refractivity (Wildman–Crippen MR) is 95.7 cm³/mol. The topological polar surface area (TPSA) is 60.5 Å². The Morgan fingerprint density at radius 2 is 1.93 bits per heavy atom. The van der Waals surface area contributed by atoms with Gasteiger partial charge in [0.05, 0.1) is 4.88 Å². The fraction of sp³-hybridized carbons (Fsp3) is 0.111. The Labute approximate surface area is 160 Å². The number of ether oxygens (including phenoxy) is 2. The second-order valence-corrected chi connectivity index (χ2v) is 6.63. The highest BCUT2D eigenvalue weighted by Crippen LogP contribution is 2.45. The Kier molecular flexibility index (Phi) is 4.99. The van der Waals surface area contributed by atoms with Crippen LogP contribution in [0.2, 0.25) is 0 Å². The number of nitrogens with one attached hydrogen (secondary N) is 1. The van der Waals surface area contributed by atoms with Crippen molar-refractivity contribution in [2.45, 2.75) is 13.2 Å². The Bertz CT molecular complexity index is 1030. The van der Waals surface area contributed by atoms with Gasteiger partial charge in [-0.1, -0.05) is 24.5 Å². The molecule has 0 saturated carbocycles. The van der Waals surface area contributed by atoms with E-state index >= 15 is 0 Å². The van der Waals surface area contributed by atoms with Gasteiger partial charge < -0.3 is 9.47 Å². The van der Waals surface area contributed by atoms with Crippen LogP contribution >= 0.6 is 11.3 Å². The van der Waals surface area contributed by atoms with E-state index in [4.69, 9.17) is 0 Å². The number of carbonyl (C=O) groups is 1. The first-order chi connectivity index (χ1) is 13.1. The van der Waals surface area contributed by atoms with Crippen molar-refractivity contribution >= 4 is 22.4 Å². The minimum atomic E-state index is -3.74. The summed E-state index contributed by atoms with van der Waals surface area (Å²) in [6, 6.07) is 2.74. The van der Waals surface area contributed by atoms with Crippen molar-refractivity contribution in [3.05, 3.63) is 60.4 Å². The maximum Gasteiger partial charge on any atom is 0.586 e. The summed E-state index contributed by atoms with van der Waals surface area (Å²) in [6.45, 7) is 7.72. The van der Waals surface area contributed by atoms with E-state index in [1.165, 1.54) is 18.3 Å². The molecule has 0 spiro atoms. The average molecular weight is 412 g/mol. The van der Waals surface area contributed by atoms with E-state index in [1.807, 2.05) is 0 Å². The zero-order valence-corrected chi connectivity index (χ0v) is 15.1. The first kappa shape index (κ1) is 19.6. The average Bonchev–Trinajstić information content (AvgIpc) is 3.15. The normalized spacial score (nSPS) is 15.0. The molecule has 0 aliphatic carbocycles. The number of hydrogen-bond acceptors (Lipinski definition) is 5. The minimum absolute atomic E-state index is 0.0398. The molecule has 0 atom stereocenters. The lowest BCUT2D eigenvalue weighted by molar-refractivity contribution is -0.286. The molecule has 5 nitrogen and oxygen atoms in total. The number of hydrogen-bond donors (Lipinski definition) is 1. The molecule has 3 rings (SSSR count). The van der Waals surface area contributed by atoms with Gasteiger partial charge in [-0.15, -0.1) is 8.78 Å². The Balaban J connectivity index is 1.87. The second-order valence-electron chi connectivity index (χ2n) is 5.60. The molecule has 1 aliphatic heterocycles. The molecule has 0 bridgehead atoms. The maximum absolute atomic E-state index is 13.6. The van der Waals surface area contributed by atoms with Crippen LogP contribution in [0.25, 0.3) is 10.4 Å².